The second kappa shape index (κ2) is 9.60. The zero-order valence-electron chi connectivity index (χ0n) is 16.3. The van der Waals surface area contributed by atoms with Crippen LogP contribution in [0.2, 0.25) is 10.0 Å². The Balaban J connectivity index is 1.41. The smallest absolute Gasteiger partial charge is 0.293 e. The number of imide groups is 1. The zero-order valence-corrected chi connectivity index (χ0v) is 18.6. The Morgan fingerprint density at radius 2 is 1.61 bits per heavy atom. The average molecular weight is 470 g/mol. The van der Waals surface area contributed by atoms with Crippen molar-refractivity contribution in [1.29, 1.82) is 0 Å². The summed E-state index contributed by atoms with van der Waals surface area (Å²) in [6.07, 6.45) is 1.71. The summed E-state index contributed by atoms with van der Waals surface area (Å²) >= 11 is 13.0. The van der Waals surface area contributed by atoms with Gasteiger partial charge in [0.15, 0.2) is 0 Å². The number of halogens is 2. The third-order valence-corrected chi connectivity index (χ3v) is 6.18. The molecule has 0 spiro atoms. The molecule has 1 saturated heterocycles. The van der Waals surface area contributed by atoms with E-state index in [1.165, 1.54) is 4.90 Å². The van der Waals surface area contributed by atoms with Crippen LogP contribution in [-0.2, 0) is 17.9 Å². The fraction of sp³-hybridized carbons (Fsp3) is 0.0833. The summed E-state index contributed by atoms with van der Waals surface area (Å²) in [5.41, 5.74) is 2.55. The number of thioether (sulfide) groups is 1. The number of nitrogens with zero attached hydrogens (tertiary/aromatic N) is 1. The predicted octanol–water partition coefficient (Wildman–Crippen LogP) is 6.81. The number of hydrogen-bond acceptors (Lipinski definition) is 4. The van der Waals surface area contributed by atoms with E-state index in [9.17, 15) is 9.59 Å². The molecule has 3 aromatic rings. The summed E-state index contributed by atoms with van der Waals surface area (Å²) in [5.74, 6) is 0.386. The largest absolute Gasteiger partial charge is 0.489 e. The van der Waals surface area contributed by atoms with E-state index >= 15 is 0 Å². The monoisotopic (exact) mass is 469 g/mol. The molecule has 0 aromatic heterocycles. The van der Waals surface area contributed by atoms with Crippen LogP contribution in [-0.4, -0.2) is 16.0 Å². The number of hydrogen-bond donors (Lipinski definition) is 0. The number of ether oxygens (including phenoxy) is 1. The topological polar surface area (TPSA) is 46.6 Å². The zero-order chi connectivity index (χ0) is 21.8. The maximum Gasteiger partial charge on any atom is 0.293 e. The van der Waals surface area contributed by atoms with E-state index < -0.39 is 0 Å². The van der Waals surface area contributed by atoms with Crippen LogP contribution < -0.4 is 4.74 Å². The van der Waals surface area contributed by atoms with Gasteiger partial charge >= 0.3 is 0 Å². The Bertz CT molecular complexity index is 1140. The van der Waals surface area contributed by atoms with Crippen molar-refractivity contribution in [2.75, 3.05) is 0 Å². The fourth-order valence-electron chi connectivity index (χ4n) is 2.99. The minimum Gasteiger partial charge on any atom is -0.489 e. The lowest BCUT2D eigenvalue weighted by atomic mass is 10.2. The van der Waals surface area contributed by atoms with Crippen LogP contribution in [0.5, 0.6) is 5.75 Å². The van der Waals surface area contributed by atoms with Crippen molar-refractivity contribution in [1.82, 2.24) is 4.90 Å². The van der Waals surface area contributed by atoms with Gasteiger partial charge in [-0.2, -0.15) is 0 Å². The highest BCUT2D eigenvalue weighted by molar-refractivity contribution is 8.18. The van der Waals surface area contributed by atoms with Gasteiger partial charge in [0.2, 0.25) is 0 Å². The summed E-state index contributed by atoms with van der Waals surface area (Å²) in [5, 5.41) is 0.906. The highest BCUT2D eigenvalue weighted by Gasteiger charge is 2.35. The third kappa shape index (κ3) is 5.31. The number of amides is 2. The summed E-state index contributed by atoms with van der Waals surface area (Å²) in [4.78, 5) is 26.7. The first-order chi connectivity index (χ1) is 15.0. The summed E-state index contributed by atoms with van der Waals surface area (Å²) < 4.78 is 5.78. The molecule has 1 heterocycles. The number of benzene rings is 3. The molecule has 2 amide bonds. The molecule has 0 atom stereocenters. The van der Waals surface area contributed by atoms with Crippen LogP contribution in [0.1, 0.15) is 16.7 Å². The number of carbonyl (C=O) groups excluding carboxylic acids is 2. The first-order valence-corrected chi connectivity index (χ1v) is 11.0. The Kier molecular flexibility index (Phi) is 6.66. The molecule has 0 saturated carbocycles. The summed E-state index contributed by atoms with van der Waals surface area (Å²) in [6.45, 7) is 0.580. The van der Waals surface area contributed by atoms with Crippen LogP contribution >= 0.6 is 35.0 Å². The van der Waals surface area contributed by atoms with Gasteiger partial charge in [-0.3, -0.25) is 14.5 Å². The molecule has 156 valence electrons. The van der Waals surface area contributed by atoms with Crippen molar-refractivity contribution in [3.05, 3.63) is 104 Å². The maximum atomic E-state index is 12.7. The van der Waals surface area contributed by atoms with Gasteiger partial charge in [0.25, 0.3) is 11.1 Å². The molecular formula is C24H17Cl2NO3S. The van der Waals surface area contributed by atoms with Crippen molar-refractivity contribution >= 4 is 52.2 Å². The van der Waals surface area contributed by atoms with Gasteiger partial charge in [-0.25, -0.2) is 0 Å². The number of carbonyl (C=O) groups is 2. The molecular weight excluding hydrogens is 453 g/mol. The lowest BCUT2D eigenvalue weighted by Crippen LogP contribution is -2.27. The molecule has 31 heavy (non-hydrogen) atoms. The van der Waals surface area contributed by atoms with Crippen molar-refractivity contribution in [3.63, 3.8) is 0 Å². The van der Waals surface area contributed by atoms with E-state index in [0.29, 0.717) is 27.3 Å². The molecule has 0 unspecified atom stereocenters. The number of rotatable bonds is 6. The molecule has 0 bridgehead atoms. The van der Waals surface area contributed by atoms with Gasteiger partial charge in [-0.15, -0.1) is 0 Å². The Hall–Kier alpha value is -2.73. The van der Waals surface area contributed by atoms with Crippen molar-refractivity contribution in [3.8, 4) is 5.75 Å². The van der Waals surface area contributed by atoms with E-state index in [1.807, 2.05) is 60.7 Å². The average Bonchev–Trinajstić information content (AvgIpc) is 3.03. The van der Waals surface area contributed by atoms with Gasteiger partial charge in [-0.1, -0.05) is 65.7 Å². The molecule has 7 heteroatoms. The van der Waals surface area contributed by atoms with Crippen LogP contribution in [0.3, 0.4) is 0 Å². The third-order valence-electron chi connectivity index (χ3n) is 4.66. The molecule has 1 fully saturated rings. The maximum absolute atomic E-state index is 12.7. The first kappa shape index (κ1) is 21.5. The Morgan fingerprint density at radius 1 is 0.903 bits per heavy atom. The highest BCUT2D eigenvalue weighted by Crippen LogP contribution is 2.34. The molecule has 1 aliphatic rings. The second-order valence-corrected chi connectivity index (χ2v) is 8.68. The van der Waals surface area contributed by atoms with Gasteiger partial charge in [-0.05, 0) is 64.9 Å². The van der Waals surface area contributed by atoms with Gasteiger partial charge < -0.3 is 4.74 Å². The van der Waals surface area contributed by atoms with Crippen LogP contribution in [0.4, 0.5) is 4.79 Å². The molecule has 4 rings (SSSR count). The molecule has 3 aromatic carbocycles. The predicted molar refractivity (Wildman–Crippen MR) is 125 cm³/mol. The normalized spacial score (nSPS) is 15.0. The van der Waals surface area contributed by atoms with E-state index in [4.69, 9.17) is 27.9 Å². The first-order valence-electron chi connectivity index (χ1n) is 9.46. The van der Waals surface area contributed by atoms with Crippen molar-refractivity contribution < 1.29 is 14.3 Å². The van der Waals surface area contributed by atoms with Crippen LogP contribution in [0.25, 0.3) is 6.08 Å². The Labute approximate surface area is 194 Å². The van der Waals surface area contributed by atoms with Gasteiger partial charge in [0, 0.05) is 10.0 Å². The highest BCUT2D eigenvalue weighted by atomic mass is 35.5. The standard InChI is InChI=1S/C24H17Cl2NO3S/c25-19-9-5-17(6-10-19)15-30-20-11-7-16(8-12-20)13-22-23(28)27(24(29)31-22)14-18-3-1-2-4-21(18)26/h1-13H,14-15H2/b22-13+. The molecule has 1 aliphatic heterocycles. The van der Waals surface area contributed by atoms with E-state index in [0.717, 1.165) is 28.5 Å². The fourth-order valence-corrected chi connectivity index (χ4v) is 4.15. The van der Waals surface area contributed by atoms with Crippen molar-refractivity contribution in [2.45, 2.75) is 13.2 Å². The van der Waals surface area contributed by atoms with Gasteiger partial charge in [0.05, 0.1) is 11.4 Å². The van der Waals surface area contributed by atoms with E-state index in [2.05, 4.69) is 0 Å². The minimum absolute atomic E-state index is 0.152. The second-order valence-electron chi connectivity index (χ2n) is 6.84. The SMILES string of the molecule is O=C1S/C(=C/c2ccc(OCc3ccc(Cl)cc3)cc2)C(=O)N1Cc1ccccc1Cl. The molecule has 0 aliphatic carbocycles. The summed E-state index contributed by atoms with van der Waals surface area (Å²) in [6, 6.07) is 22.0. The van der Waals surface area contributed by atoms with E-state index in [-0.39, 0.29) is 17.7 Å². The van der Waals surface area contributed by atoms with Crippen molar-refractivity contribution in [2.24, 2.45) is 0 Å². The minimum atomic E-state index is -0.321. The van der Waals surface area contributed by atoms with Crippen LogP contribution in [0.15, 0.2) is 77.7 Å². The van der Waals surface area contributed by atoms with Gasteiger partial charge in [0.1, 0.15) is 12.4 Å². The molecule has 4 nitrogen and oxygen atoms in total. The summed E-state index contributed by atoms with van der Waals surface area (Å²) in [7, 11) is 0. The lowest BCUT2D eigenvalue weighted by Gasteiger charge is -2.13. The molecule has 0 radical (unpaired) electrons. The molecule has 0 N–H and O–H groups in total. The lowest BCUT2D eigenvalue weighted by molar-refractivity contribution is -0.123. The van der Waals surface area contributed by atoms with Crippen LogP contribution in [0, 0.1) is 0 Å². The quantitative estimate of drug-likeness (QED) is 0.372. The Morgan fingerprint density at radius 3 is 2.32 bits per heavy atom. The van der Waals surface area contributed by atoms with E-state index in [1.54, 1.807) is 18.2 Å².